The second-order valence-electron chi connectivity index (χ2n) is 7.61. The Hall–Kier alpha value is -2.70. The lowest BCUT2D eigenvalue weighted by Gasteiger charge is -2.21. The third-order valence-electron chi connectivity index (χ3n) is 5.42. The van der Waals surface area contributed by atoms with Gasteiger partial charge in [-0.15, -0.1) is 0 Å². The van der Waals surface area contributed by atoms with E-state index in [0.717, 1.165) is 61.3 Å². The monoisotopic (exact) mass is 393 g/mol. The quantitative estimate of drug-likeness (QED) is 0.705. The van der Waals surface area contributed by atoms with E-state index in [2.05, 4.69) is 39.3 Å². The zero-order chi connectivity index (χ0) is 20.2. The summed E-state index contributed by atoms with van der Waals surface area (Å²) in [6.45, 7) is 4.60. The van der Waals surface area contributed by atoms with Crippen molar-refractivity contribution in [1.29, 1.82) is 0 Å². The first-order valence-electron chi connectivity index (χ1n) is 10.1. The van der Waals surface area contributed by atoms with Crippen LogP contribution >= 0.6 is 0 Å². The molecule has 0 amide bonds. The summed E-state index contributed by atoms with van der Waals surface area (Å²) < 4.78 is 10.8. The summed E-state index contributed by atoms with van der Waals surface area (Å²) in [5, 5.41) is 13.9. The van der Waals surface area contributed by atoms with E-state index in [1.807, 2.05) is 18.2 Å². The fourth-order valence-electron chi connectivity index (χ4n) is 3.88. The van der Waals surface area contributed by atoms with E-state index in [0.29, 0.717) is 11.7 Å². The number of aliphatic hydroxyl groups is 1. The molecular formula is C23H27N3O3. The van der Waals surface area contributed by atoms with Gasteiger partial charge in [0, 0.05) is 31.1 Å². The van der Waals surface area contributed by atoms with Gasteiger partial charge in [-0.25, -0.2) is 0 Å². The molecular weight excluding hydrogens is 366 g/mol. The Labute approximate surface area is 171 Å². The molecule has 6 nitrogen and oxygen atoms in total. The fourth-order valence-corrected chi connectivity index (χ4v) is 3.88. The van der Waals surface area contributed by atoms with Crippen LogP contribution < -0.4 is 4.74 Å². The molecule has 1 aliphatic heterocycles. The average molecular weight is 393 g/mol. The van der Waals surface area contributed by atoms with Crippen LogP contribution in [0.2, 0.25) is 0 Å². The average Bonchev–Trinajstić information content (AvgIpc) is 3.08. The molecule has 0 bridgehead atoms. The molecule has 6 heteroatoms. The molecule has 0 saturated carbocycles. The maximum absolute atomic E-state index is 9.90. The van der Waals surface area contributed by atoms with Gasteiger partial charge in [-0.3, -0.25) is 4.90 Å². The number of ether oxygens (including phenoxy) is 1. The summed E-state index contributed by atoms with van der Waals surface area (Å²) >= 11 is 0. The van der Waals surface area contributed by atoms with E-state index < -0.39 is 0 Å². The Kier molecular flexibility index (Phi) is 5.92. The Morgan fingerprint density at radius 3 is 2.79 bits per heavy atom. The van der Waals surface area contributed by atoms with Crippen molar-refractivity contribution < 1.29 is 14.4 Å². The normalized spacial score (nSPS) is 17.8. The SMILES string of the molecule is COc1ccc(CN2CCCC(O)CC2)cc1-c1cccc(-c2noc(C)n2)c1. The van der Waals surface area contributed by atoms with Crippen molar-refractivity contribution >= 4 is 0 Å². The Bertz CT molecular complexity index is 970. The summed E-state index contributed by atoms with van der Waals surface area (Å²) in [5.41, 5.74) is 4.24. The third-order valence-corrected chi connectivity index (χ3v) is 5.42. The van der Waals surface area contributed by atoms with Gasteiger partial charge in [0.2, 0.25) is 11.7 Å². The second kappa shape index (κ2) is 8.76. The number of aromatic nitrogens is 2. The number of hydrogen-bond acceptors (Lipinski definition) is 6. The van der Waals surface area contributed by atoms with Gasteiger partial charge in [-0.2, -0.15) is 4.98 Å². The van der Waals surface area contributed by atoms with Gasteiger partial charge < -0.3 is 14.4 Å². The number of benzene rings is 2. The van der Waals surface area contributed by atoms with Crippen LogP contribution in [-0.4, -0.2) is 46.5 Å². The Morgan fingerprint density at radius 1 is 1.14 bits per heavy atom. The van der Waals surface area contributed by atoms with Crippen LogP contribution in [0, 0.1) is 6.92 Å². The van der Waals surface area contributed by atoms with Crippen molar-refractivity contribution in [2.75, 3.05) is 20.2 Å². The van der Waals surface area contributed by atoms with E-state index in [1.54, 1.807) is 14.0 Å². The Balaban J connectivity index is 1.62. The highest BCUT2D eigenvalue weighted by molar-refractivity contribution is 5.75. The molecule has 0 radical (unpaired) electrons. The van der Waals surface area contributed by atoms with E-state index >= 15 is 0 Å². The summed E-state index contributed by atoms with van der Waals surface area (Å²) in [5.74, 6) is 1.97. The molecule has 3 aromatic rings. The van der Waals surface area contributed by atoms with Crippen LogP contribution in [0.25, 0.3) is 22.5 Å². The largest absolute Gasteiger partial charge is 0.496 e. The topological polar surface area (TPSA) is 71.6 Å². The van der Waals surface area contributed by atoms with Crippen molar-refractivity contribution in [3.8, 4) is 28.3 Å². The summed E-state index contributed by atoms with van der Waals surface area (Å²) in [7, 11) is 1.70. The number of aryl methyl sites for hydroxylation is 1. The molecule has 2 heterocycles. The molecule has 1 fully saturated rings. The fraction of sp³-hybridized carbons (Fsp3) is 0.391. The first kappa shape index (κ1) is 19.6. The lowest BCUT2D eigenvalue weighted by molar-refractivity contribution is 0.154. The molecule has 0 spiro atoms. The summed E-state index contributed by atoms with van der Waals surface area (Å²) in [6.07, 6.45) is 2.61. The molecule has 29 heavy (non-hydrogen) atoms. The molecule has 4 rings (SSSR count). The van der Waals surface area contributed by atoms with Crippen LogP contribution in [0.5, 0.6) is 5.75 Å². The van der Waals surface area contributed by atoms with Crippen LogP contribution in [0.4, 0.5) is 0 Å². The van der Waals surface area contributed by atoms with Gasteiger partial charge in [0.15, 0.2) is 0 Å². The van der Waals surface area contributed by atoms with Crippen LogP contribution in [0.15, 0.2) is 47.0 Å². The van der Waals surface area contributed by atoms with Crippen molar-refractivity contribution in [2.24, 2.45) is 0 Å². The number of aliphatic hydroxyl groups excluding tert-OH is 1. The molecule has 1 aliphatic rings. The highest BCUT2D eigenvalue weighted by Crippen LogP contribution is 2.33. The lowest BCUT2D eigenvalue weighted by atomic mass is 9.99. The zero-order valence-corrected chi connectivity index (χ0v) is 17.0. The first-order valence-corrected chi connectivity index (χ1v) is 10.1. The molecule has 1 saturated heterocycles. The van der Waals surface area contributed by atoms with Gasteiger partial charge in [0.25, 0.3) is 0 Å². The summed E-state index contributed by atoms with van der Waals surface area (Å²) in [6, 6.07) is 14.5. The molecule has 1 aromatic heterocycles. The second-order valence-corrected chi connectivity index (χ2v) is 7.61. The van der Waals surface area contributed by atoms with Gasteiger partial charge >= 0.3 is 0 Å². The molecule has 2 aromatic carbocycles. The van der Waals surface area contributed by atoms with E-state index in [4.69, 9.17) is 9.26 Å². The predicted molar refractivity (Wildman–Crippen MR) is 112 cm³/mol. The molecule has 1 atom stereocenters. The van der Waals surface area contributed by atoms with E-state index in [9.17, 15) is 5.11 Å². The van der Waals surface area contributed by atoms with Crippen molar-refractivity contribution in [3.05, 3.63) is 53.9 Å². The van der Waals surface area contributed by atoms with E-state index in [1.165, 1.54) is 5.56 Å². The minimum atomic E-state index is -0.164. The zero-order valence-electron chi connectivity index (χ0n) is 17.0. The number of nitrogens with zero attached hydrogens (tertiary/aromatic N) is 3. The minimum absolute atomic E-state index is 0.164. The third kappa shape index (κ3) is 4.66. The van der Waals surface area contributed by atoms with Gasteiger partial charge in [0.1, 0.15) is 5.75 Å². The maximum Gasteiger partial charge on any atom is 0.223 e. The summed E-state index contributed by atoms with van der Waals surface area (Å²) in [4.78, 5) is 6.75. The van der Waals surface area contributed by atoms with Crippen molar-refractivity contribution in [1.82, 2.24) is 15.0 Å². The lowest BCUT2D eigenvalue weighted by Crippen LogP contribution is -2.24. The predicted octanol–water partition coefficient (Wildman–Crippen LogP) is 4.07. The molecule has 0 aliphatic carbocycles. The van der Waals surface area contributed by atoms with Gasteiger partial charge in [-0.05, 0) is 55.1 Å². The van der Waals surface area contributed by atoms with Crippen LogP contribution in [0.1, 0.15) is 30.7 Å². The number of methoxy groups -OCH3 is 1. The maximum atomic E-state index is 9.90. The van der Waals surface area contributed by atoms with Crippen LogP contribution in [0.3, 0.4) is 0 Å². The Morgan fingerprint density at radius 2 is 2.00 bits per heavy atom. The molecule has 1 unspecified atom stereocenters. The molecule has 152 valence electrons. The first-order chi connectivity index (χ1) is 14.1. The number of hydrogen-bond donors (Lipinski definition) is 1. The smallest absolute Gasteiger partial charge is 0.223 e. The van der Waals surface area contributed by atoms with Gasteiger partial charge in [0.05, 0.1) is 13.2 Å². The van der Waals surface area contributed by atoms with Crippen molar-refractivity contribution in [3.63, 3.8) is 0 Å². The van der Waals surface area contributed by atoms with Crippen LogP contribution in [-0.2, 0) is 6.54 Å². The highest BCUT2D eigenvalue weighted by Gasteiger charge is 2.16. The van der Waals surface area contributed by atoms with E-state index in [-0.39, 0.29) is 6.10 Å². The number of rotatable bonds is 5. The number of likely N-dealkylation sites (tertiary alicyclic amines) is 1. The highest BCUT2D eigenvalue weighted by atomic mass is 16.5. The molecule has 1 N–H and O–H groups in total. The van der Waals surface area contributed by atoms with Gasteiger partial charge in [-0.1, -0.05) is 29.4 Å². The van der Waals surface area contributed by atoms with Crippen molar-refractivity contribution in [2.45, 2.75) is 38.8 Å². The minimum Gasteiger partial charge on any atom is -0.496 e. The standard InChI is InChI=1S/C23H27N3O3/c1-16-24-23(25-29-16)19-6-3-5-18(14-19)21-13-17(8-9-22(21)28-2)15-26-11-4-7-20(27)10-12-26/h3,5-6,8-9,13-14,20,27H,4,7,10-12,15H2,1-2H3.